The molecule has 0 bridgehead atoms. The molecule has 3 aromatic rings. The molecule has 0 radical (unpaired) electrons. The fourth-order valence-electron chi connectivity index (χ4n) is 3.28. The van der Waals surface area contributed by atoms with Gasteiger partial charge in [-0.25, -0.2) is 13.1 Å². The van der Waals surface area contributed by atoms with Crippen molar-refractivity contribution < 1.29 is 22.7 Å². The highest BCUT2D eigenvalue weighted by atomic mass is 32.2. The minimum absolute atomic E-state index is 0.0439. The summed E-state index contributed by atoms with van der Waals surface area (Å²) in [7, 11) is -3.87. The Bertz CT molecular complexity index is 1350. The van der Waals surface area contributed by atoms with Crippen molar-refractivity contribution in [2.75, 3.05) is 23.3 Å². The van der Waals surface area contributed by atoms with Crippen molar-refractivity contribution in [3.05, 3.63) is 70.6 Å². The zero-order valence-corrected chi connectivity index (χ0v) is 19.3. The Balaban J connectivity index is 1.44. The Morgan fingerprint density at radius 1 is 1.00 bits per heavy atom. The summed E-state index contributed by atoms with van der Waals surface area (Å²) in [6, 6.07) is 13.3. The number of nitrogens with zero attached hydrogens (tertiary/aromatic N) is 2. The molecule has 10 nitrogen and oxygen atoms in total. The number of aromatic nitrogens is 2. The van der Waals surface area contributed by atoms with Crippen LogP contribution in [0.4, 0.5) is 11.4 Å². The van der Waals surface area contributed by atoms with Crippen molar-refractivity contribution in [1.82, 2.24) is 9.78 Å². The number of hydrogen-bond donors (Lipinski definition) is 2. The van der Waals surface area contributed by atoms with Crippen LogP contribution in [-0.4, -0.2) is 37.3 Å². The van der Waals surface area contributed by atoms with E-state index in [2.05, 4.69) is 15.1 Å². The normalized spacial score (nSPS) is 13.1. The number of ether oxygens (including phenoxy) is 2. The molecule has 0 aliphatic carbocycles. The number of anilines is 2. The van der Waals surface area contributed by atoms with Crippen LogP contribution in [0.3, 0.4) is 0 Å². The van der Waals surface area contributed by atoms with Gasteiger partial charge in [-0.15, -0.1) is 0 Å². The van der Waals surface area contributed by atoms with Crippen LogP contribution in [0.15, 0.2) is 64.3 Å². The van der Waals surface area contributed by atoms with E-state index >= 15 is 0 Å². The van der Waals surface area contributed by atoms with E-state index in [0.717, 1.165) is 6.42 Å². The number of carbonyl (C=O) groups is 1. The lowest BCUT2D eigenvalue weighted by Crippen LogP contribution is -2.26. The highest BCUT2D eigenvalue weighted by Crippen LogP contribution is 2.32. The summed E-state index contributed by atoms with van der Waals surface area (Å²) in [5.41, 5.74) is 0.592. The maximum absolute atomic E-state index is 12.8. The standard InChI is InChI=1S/C23H24N4O6S/c1-2-12-27-22(28)11-9-19(25-27)23(29)24-16-4-6-17(7-5-16)26-34(30,31)18-8-10-20-21(15-18)33-14-3-13-32-20/h4-11,15,26H,2-3,12-14H2,1H3,(H,24,29). The van der Waals surface area contributed by atoms with Gasteiger partial charge in [-0.05, 0) is 48.9 Å². The fourth-order valence-corrected chi connectivity index (χ4v) is 4.36. The van der Waals surface area contributed by atoms with E-state index in [-0.39, 0.29) is 16.1 Å². The van der Waals surface area contributed by atoms with Crippen LogP contribution in [0.25, 0.3) is 0 Å². The molecular weight excluding hydrogens is 460 g/mol. The van der Waals surface area contributed by atoms with Gasteiger partial charge in [0.15, 0.2) is 11.5 Å². The van der Waals surface area contributed by atoms with Gasteiger partial charge in [-0.1, -0.05) is 6.92 Å². The molecule has 1 aliphatic heterocycles. The molecule has 34 heavy (non-hydrogen) atoms. The maximum Gasteiger partial charge on any atom is 0.276 e. The number of rotatable bonds is 7. The molecule has 11 heteroatoms. The topological polar surface area (TPSA) is 129 Å². The van der Waals surface area contributed by atoms with E-state index in [4.69, 9.17) is 9.47 Å². The highest BCUT2D eigenvalue weighted by molar-refractivity contribution is 7.92. The Labute approximate surface area is 196 Å². The second-order valence-electron chi connectivity index (χ2n) is 7.58. The summed E-state index contributed by atoms with van der Waals surface area (Å²) in [4.78, 5) is 24.3. The summed E-state index contributed by atoms with van der Waals surface area (Å²) < 4.78 is 40.5. The van der Waals surface area contributed by atoms with Crippen LogP contribution in [0.5, 0.6) is 11.5 Å². The van der Waals surface area contributed by atoms with Crippen molar-refractivity contribution in [3.63, 3.8) is 0 Å². The van der Waals surface area contributed by atoms with Gasteiger partial charge >= 0.3 is 0 Å². The van der Waals surface area contributed by atoms with Gasteiger partial charge in [0.1, 0.15) is 5.69 Å². The second kappa shape index (κ2) is 9.96. The molecule has 0 saturated carbocycles. The first-order valence-electron chi connectivity index (χ1n) is 10.8. The minimum atomic E-state index is -3.87. The molecule has 0 saturated heterocycles. The molecule has 0 spiro atoms. The molecule has 1 amide bonds. The molecule has 1 aliphatic rings. The van der Waals surface area contributed by atoms with Crippen LogP contribution in [-0.2, 0) is 16.6 Å². The lowest BCUT2D eigenvalue weighted by Gasteiger charge is -2.12. The lowest BCUT2D eigenvalue weighted by atomic mass is 10.2. The van der Waals surface area contributed by atoms with Gasteiger partial charge in [0.25, 0.3) is 21.5 Å². The van der Waals surface area contributed by atoms with E-state index in [9.17, 15) is 18.0 Å². The molecule has 2 heterocycles. The number of aryl methyl sites for hydroxylation is 1. The van der Waals surface area contributed by atoms with Gasteiger partial charge in [-0.2, -0.15) is 5.10 Å². The Hall–Kier alpha value is -3.86. The first kappa shape index (κ1) is 23.3. The predicted octanol–water partition coefficient (Wildman–Crippen LogP) is 2.87. The number of nitrogens with one attached hydrogen (secondary N) is 2. The number of hydrogen-bond acceptors (Lipinski definition) is 7. The van der Waals surface area contributed by atoms with Crippen LogP contribution < -0.4 is 25.1 Å². The third-order valence-electron chi connectivity index (χ3n) is 4.96. The third-order valence-corrected chi connectivity index (χ3v) is 6.34. The minimum Gasteiger partial charge on any atom is -0.490 e. The summed E-state index contributed by atoms with van der Waals surface area (Å²) in [5, 5.41) is 6.76. The molecule has 1 aromatic heterocycles. The summed E-state index contributed by atoms with van der Waals surface area (Å²) in [6.07, 6.45) is 1.43. The number of fused-ring (bicyclic) bond motifs is 1. The molecular formula is C23H24N4O6S. The van der Waals surface area contributed by atoms with Gasteiger partial charge in [0.2, 0.25) is 0 Å². The van der Waals surface area contributed by atoms with Crippen molar-refractivity contribution in [2.45, 2.75) is 31.2 Å². The van der Waals surface area contributed by atoms with Crippen molar-refractivity contribution in [2.24, 2.45) is 0 Å². The second-order valence-corrected chi connectivity index (χ2v) is 9.26. The lowest BCUT2D eigenvalue weighted by molar-refractivity contribution is 0.101. The van der Waals surface area contributed by atoms with Crippen LogP contribution in [0.1, 0.15) is 30.3 Å². The number of carbonyl (C=O) groups excluding carboxylic acids is 1. The van der Waals surface area contributed by atoms with Crippen molar-refractivity contribution >= 4 is 27.3 Å². The molecule has 0 unspecified atom stereocenters. The molecule has 2 N–H and O–H groups in total. The molecule has 2 aromatic carbocycles. The van der Waals surface area contributed by atoms with Crippen molar-refractivity contribution in [1.29, 1.82) is 0 Å². The van der Waals surface area contributed by atoms with E-state index in [0.29, 0.717) is 49.1 Å². The van der Waals surface area contributed by atoms with E-state index in [1.165, 1.54) is 41.1 Å². The van der Waals surface area contributed by atoms with Crippen LogP contribution >= 0.6 is 0 Å². The number of sulfonamides is 1. The average Bonchev–Trinajstić information content (AvgIpc) is 3.06. The smallest absolute Gasteiger partial charge is 0.276 e. The first-order chi connectivity index (χ1) is 16.4. The summed E-state index contributed by atoms with van der Waals surface area (Å²) in [6.45, 7) is 3.29. The van der Waals surface area contributed by atoms with Gasteiger partial charge in [0.05, 0.1) is 18.1 Å². The van der Waals surface area contributed by atoms with Gasteiger partial charge in [0, 0.05) is 36.5 Å². The molecule has 4 rings (SSSR count). The molecule has 0 fully saturated rings. The zero-order valence-electron chi connectivity index (χ0n) is 18.5. The monoisotopic (exact) mass is 484 g/mol. The number of amides is 1. The van der Waals surface area contributed by atoms with Crippen LogP contribution in [0, 0.1) is 0 Å². The maximum atomic E-state index is 12.8. The van der Waals surface area contributed by atoms with Crippen molar-refractivity contribution in [3.8, 4) is 11.5 Å². The Morgan fingerprint density at radius 3 is 2.44 bits per heavy atom. The van der Waals surface area contributed by atoms with E-state index < -0.39 is 15.9 Å². The third kappa shape index (κ3) is 5.37. The van der Waals surface area contributed by atoms with Gasteiger partial charge < -0.3 is 14.8 Å². The van der Waals surface area contributed by atoms with E-state index in [1.54, 1.807) is 18.2 Å². The predicted molar refractivity (Wildman–Crippen MR) is 126 cm³/mol. The SMILES string of the molecule is CCCn1nc(C(=O)Nc2ccc(NS(=O)(=O)c3ccc4c(c3)OCCCO4)cc2)ccc1=O. The average molecular weight is 485 g/mol. The van der Waals surface area contributed by atoms with E-state index in [1.807, 2.05) is 6.92 Å². The fraction of sp³-hybridized carbons (Fsp3) is 0.261. The largest absolute Gasteiger partial charge is 0.490 e. The van der Waals surface area contributed by atoms with Crippen LogP contribution in [0.2, 0.25) is 0 Å². The van der Waals surface area contributed by atoms with Gasteiger partial charge in [-0.3, -0.25) is 14.3 Å². The quantitative estimate of drug-likeness (QED) is 0.528. The molecule has 178 valence electrons. The summed E-state index contributed by atoms with van der Waals surface area (Å²) >= 11 is 0. The first-order valence-corrected chi connectivity index (χ1v) is 12.3. The summed E-state index contributed by atoms with van der Waals surface area (Å²) in [5.74, 6) is 0.416. The number of benzene rings is 2. The Morgan fingerprint density at radius 2 is 1.71 bits per heavy atom. The zero-order chi connectivity index (χ0) is 24.1. The molecule has 0 atom stereocenters. The Kier molecular flexibility index (Phi) is 6.82. The highest BCUT2D eigenvalue weighted by Gasteiger charge is 2.19.